The van der Waals surface area contributed by atoms with E-state index in [0.29, 0.717) is 12.1 Å². The maximum Gasteiger partial charge on any atom is 0.255 e. The fraction of sp³-hybridized carbons (Fsp3) is 0.421. The molecule has 0 spiro atoms. The average molecular weight is 359 g/mol. The van der Waals surface area contributed by atoms with E-state index in [-0.39, 0.29) is 11.8 Å². The second kappa shape index (κ2) is 8.85. The number of hydrogen-bond donors (Lipinski definition) is 1. The zero-order valence-electron chi connectivity index (χ0n) is 15.4. The summed E-state index contributed by atoms with van der Waals surface area (Å²) in [6.07, 6.45) is 2.67. The van der Waals surface area contributed by atoms with Gasteiger partial charge in [-0.15, -0.1) is 11.8 Å². The molecule has 0 saturated carbocycles. The van der Waals surface area contributed by atoms with E-state index in [1.54, 1.807) is 7.11 Å². The predicted octanol–water partition coefficient (Wildman–Crippen LogP) is 3.61. The van der Waals surface area contributed by atoms with Crippen LogP contribution in [0, 0.1) is 6.92 Å². The molecule has 1 N–H and O–H groups in total. The normalized spacial score (nSPS) is 10.8. The van der Waals surface area contributed by atoms with Crippen molar-refractivity contribution in [1.29, 1.82) is 0 Å². The van der Waals surface area contributed by atoms with Crippen molar-refractivity contribution in [3.05, 3.63) is 46.9 Å². The lowest BCUT2D eigenvalue weighted by molar-refractivity contribution is 0.0949. The van der Waals surface area contributed by atoms with Crippen LogP contribution in [-0.2, 0) is 6.42 Å². The lowest BCUT2D eigenvalue weighted by atomic mass is 10.1. The van der Waals surface area contributed by atoms with Gasteiger partial charge in [-0.2, -0.15) is 0 Å². The van der Waals surface area contributed by atoms with Crippen molar-refractivity contribution in [2.75, 3.05) is 19.9 Å². The summed E-state index contributed by atoms with van der Waals surface area (Å²) in [6, 6.07) is 7.85. The molecule has 0 fully saturated rings. The minimum absolute atomic E-state index is 0.125. The van der Waals surface area contributed by atoms with E-state index in [2.05, 4.69) is 15.3 Å². The Labute approximate surface area is 153 Å². The minimum Gasteiger partial charge on any atom is -0.497 e. The fourth-order valence-corrected chi connectivity index (χ4v) is 3.10. The Morgan fingerprint density at radius 2 is 2.08 bits per heavy atom. The fourth-order valence-electron chi connectivity index (χ4n) is 2.47. The van der Waals surface area contributed by atoms with E-state index in [1.807, 2.05) is 51.3 Å². The molecule has 0 aliphatic rings. The van der Waals surface area contributed by atoms with Crippen molar-refractivity contribution in [1.82, 2.24) is 15.3 Å². The Morgan fingerprint density at radius 3 is 2.72 bits per heavy atom. The molecule has 0 bridgehead atoms. The van der Waals surface area contributed by atoms with Gasteiger partial charge in [0.05, 0.1) is 18.4 Å². The van der Waals surface area contributed by atoms with Gasteiger partial charge in [0, 0.05) is 12.5 Å². The van der Waals surface area contributed by atoms with Crippen molar-refractivity contribution >= 4 is 17.7 Å². The van der Waals surface area contributed by atoms with E-state index in [9.17, 15) is 4.79 Å². The van der Waals surface area contributed by atoms with E-state index in [0.717, 1.165) is 34.3 Å². The summed E-state index contributed by atoms with van der Waals surface area (Å²) >= 11 is 1.48. The number of ether oxygens (including phenoxy) is 1. The zero-order valence-corrected chi connectivity index (χ0v) is 16.2. The van der Waals surface area contributed by atoms with Gasteiger partial charge in [-0.05, 0) is 37.3 Å². The Hall–Kier alpha value is -2.08. The van der Waals surface area contributed by atoms with Crippen molar-refractivity contribution in [2.24, 2.45) is 0 Å². The van der Waals surface area contributed by atoms with Gasteiger partial charge in [-0.1, -0.05) is 26.0 Å². The van der Waals surface area contributed by atoms with Gasteiger partial charge in [0.25, 0.3) is 5.91 Å². The van der Waals surface area contributed by atoms with Crippen LogP contribution in [0.3, 0.4) is 0 Å². The number of carbonyl (C=O) groups excluding carboxylic acids is 1. The monoisotopic (exact) mass is 359 g/mol. The largest absolute Gasteiger partial charge is 0.497 e. The number of methoxy groups -OCH3 is 1. The SMILES string of the molecule is COc1cccc(CCNC(=O)c2c(C)nc(C(C)C)nc2SC)c1. The molecule has 134 valence electrons. The van der Waals surface area contributed by atoms with Gasteiger partial charge >= 0.3 is 0 Å². The van der Waals surface area contributed by atoms with Crippen molar-refractivity contribution in [2.45, 2.75) is 38.1 Å². The Bertz CT molecular complexity index is 747. The molecule has 1 aromatic carbocycles. The molecule has 0 aliphatic heterocycles. The second-order valence-corrected chi connectivity index (χ2v) is 6.86. The first-order valence-electron chi connectivity index (χ1n) is 8.30. The summed E-state index contributed by atoms with van der Waals surface area (Å²) in [6.45, 7) is 6.51. The van der Waals surface area contributed by atoms with Gasteiger partial charge in [0.1, 0.15) is 16.6 Å². The molecule has 2 rings (SSSR count). The third-order valence-corrected chi connectivity index (χ3v) is 4.53. The van der Waals surface area contributed by atoms with Crippen molar-refractivity contribution < 1.29 is 9.53 Å². The third kappa shape index (κ3) is 4.95. The maximum absolute atomic E-state index is 12.6. The standard InChI is InChI=1S/C19H25N3O2S/c1-12(2)17-21-13(3)16(19(22-17)25-5)18(23)20-10-9-14-7-6-8-15(11-14)24-4/h6-8,11-12H,9-10H2,1-5H3,(H,20,23). The maximum atomic E-state index is 12.6. The number of benzene rings is 1. The number of thioether (sulfide) groups is 1. The van der Waals surface area contributed by atoms with Gasteiger partial charge in [-0.3, -0.25) is 4.79 Å². The smallest absolute Gasteiger partial charge is 0.255 e. The number of carbonyl (C=O) groups is 1. The van der Waals surface area contributed by atoms with Gasteiger partial charge < -0.3 is 10.1 Å². The molecule has 5 nitrogen and oxygen atoms in total. The highest BCUT2D eigenvalue weighted by molar-refractivity contribution is 7.98. The van der Waals surface area contributed by atoms with E-state index in [4.69, 9.17) is 4.74 Å². The number of rotatable bonds is 7. The van der Waals surface area contributed by atoms with Crippen LogP contribution in [0.1, 0.15) is 47.2 Å². The molecule has 6 heteroatoms. The molecule has 0 radical (unpaired) electrons. The topological polar surface area (TPSA) is 64.1 Å². The molecule has 1 aromatic heterocycles. The van der Waals surface area contributed by atoms with Crippen molar-refractivity contribution in [3.8, 4) is 5.75 Å². The number of aromatic nitrogens is 2. The highest BCUT2D eigenvalue weighted by Gasteiger charge is 2.19. The van der Waals surface area contributed by atoms with Crippen LogP contribution in [0.2, 0.25) is 0 Å². The molecule has 0 atom stereocenters. The molecule has 1 amide bonds. The lowest BCUT2D eigenvalue weighted by Gasteiger charge is -2.13. The number of aryl methyl sites for hydroxylation is 1. The summed E-state index contributed by atoms with van der Waals surface area (Å²) in [4.78, 5) is 21.6. The average Bonchev–Trinajstić information content (AvgIpc) is 2.60. The van der Waals surface area contributed by atoms with Crippen LogP contribution in [0.25, 0.3) is 0 Å². The zero-order chi connectivity index (χ0) is 18.4. The van der Waals surface area contributed by atoms with Crippen LogP contribution < -0.4 is 10.1 Å². The first kappa shape index (κ1) is 19.2. The quantitative estimate of drug-likeness (QED) is 0.604. The number of nitrogens with one attached hydrogen (secondary N) is 1. The van der Waals surface area contributed by atoms with Crippen LogP contribution in [-0.4, -0.2) is 35.8 Å². The first-order valence-corrected chi connectivity index (χ1v) is 9.52. The minimum atomic E-state index is -0.125. The molecule has 25 heavy (non-hydrogen) atoms. The van der Waals surface area contributed by atoms with Crippen molar-refractivity contribution in [3.63, 3.8) is 0 Å². The van der Waals surface area contributed by atoms with Gasteiger partial charge in [0.2, 0.25) is 0 Å². The van der Waals surface area contributed by atoms with E-state index < -0.39 is 0 Å². The Balaban J connectivity index is 2.07. The van der Waals surface area contributed by atoms with Crippen LogP contribution in [0.15, 0.2) is 29.3 Å². The van der Waals surface area contributed by atoms with Gasteiger partial charge in [0.15, 0.2) is 0 Å². The predicted molar refractivity (Wildman–Crippen MR) is 102 cm³/mol. The molecular formula is C19H25N3O2S. The molecule has 0 aliphatic carbocycles. The molecule has 0 saturated heterocycles. The molecule has 0 unspecified atom stereocenters. The second-order valence-electron chi connectivity index (χ2n) is 6.06. The number of nitrogens with zero attached hydrogens (tertiary/aromatic N) is 2. The highest BCUT2D eigenvalue weighted by Crippen LogP contribution is 2.23. The third-order valence-electron chi connectivity index (χ3n) is 3.84. The van der Waals surface area contributed by atoms with Crippen LogP contribution in [0.4, 0.5) is 0 Å². The molecule has 1 heterocycles. The highest BCUT2D eigenvalue weighted by atomic mass is 32.2. The summed E-state index contributed by atoms with van der Waals surface area (Å²) in [5, 5.41) is 3.71. The summed E-state index contributed by atoms with van der Waals surface area (Å²) in [5.41, 5.74) is 2.41. The van der Waals surface area contributed by atoms with E-state index >= 15 is 0 Å². The summed E-state index contributed by atoms with van der Waals surface area (Å²) < 4.78 is 5.22. The van der Waals surface area contributed by atoms with Crippen LogP contribution in [0.5, 0.6) is 5.75 Å². The number of amides is 1. The summed E-state index contributed by atoms with van der Waals surface area (Å²) in [5.74, 6) is 1.70. The Kier molecular flexibility index (Phi) is 6.82. The Morgan fingerprint density at radius 1 is 1.32 bits per heavy atom. The summed E-state index contributed by atoms with van der Waals surface area (Å²) in [7, 11) is 1.65. The molecular weight excluding hydrogens is 334 g/mol. The first-order chi connectivity index (χ1) is 12.0. The molecule has 2 aromatic rings. The lowest BCUT2D eigenvalue weighted by Crippen LogP contribution is -2.28. The van der Waals surface area contributed by atoms with Crippen LogP contribution >= 0.6 is 11.8 Å². The van der Waals surface area contributed by atoms with Gasteiger partial charge in [-0.25, -0.2) is 9.97 Å². The van der Waals surface area contributed by atoms with E-state index in [1.165, 1.54) is 11.8 Å². The number of hydrogen-bond acceptors (Lipinski definition) is 5.